The van der Waals surface area contributed by atoms with E-state index in [4.69, 9.17) is 0 Å². The molecule has 1 aliphatic carbocycles. The highest BCUT2D eigenvalue weighted by Crippen LogP contribution is 2.26. The van der Waals surface area contributed by atoms with Gasteiger partial charge in [0.1, 0.15) is 0 Å². The van der Waals surface area contributed by atoms with Gasteiger partial charge in [0.15, 0.2) is 0 Å². The average molecular weight is 252 g/mol. The van der Waals surface area contributed by atoms with Crippen LogP contribution in [-0.2, 0) is 4.79 Å². The van der Waals surface area contributed by atoms with Gasteiger partial charge in [-0.15, -0.1) is 0 Å². The molecule has 0 aromatic rings. The Hall–Kier alpha value is -0.570. The Morgan fingerprint density at radius 2 is 1.78 bits per heavy atom. The Bertz CT molecular complexity index is 289. The second-order valence-corrected chi connectivity index (χ2v) is 7.00. The third-order valence-corrected chi connectivity index (χ3v) is 4.31. The molecule has 0 radical (unpaired) electrons. The molecule has 1 aliphatic heterocycles. The molecule has 1 heterocycles. The molecule has 0 bridgehead atoms. The van der Waals surface area contributed by atoms with Gasteiger partial charge in [-0.1, -0.05) is 33.6 Å². The van der Waals surface area contributed by atoms with Crippen molar-refractivity contribution < 1.29 is 4.79 Å². The van der Waals surface area contributed by atoms with Gasteiger partial charge in [-0.25, -0.2) is 0 Å². The molecule has 1 N–H and O–H groups in total. The number of hydrogen-bond donors (Lipinski definition) is 1. The van der Waals surface area contributed by atoms with E-state index < -0.39 is 0 Å². The van der Waals surface area contributed by atoms with Crippen LogP contribution in [0.15, 0.2) is 0 Å². The number of rotatable bonds is 2. The number of nitrogens with zero attached hydrogens (tertiary/aromatic N) is 1. The SMILES string of the molecule is CC(C)(C)C(=O)NC1CCCN(C2CCCC2)C1. The Labute approximate surface area is 111 Å². The van der Waals surface area contributed by atoms with Crippen molar-refractivity contribution in [1.29, 1.82) is 0 Å². The summed E-state index contributed by atoms with van der Waals surface area (Å²) >= 11 is 0. The summed E-state index contributed by atoms with van der Waals surface area (Å²) in [6.07, 6.45) is 7.87. The van der Waals surface area contributed by atoms with Crippen molar-refractivity contribution in [1.82, 2.24) is 10.2 Å². The zero-order valence-electron chi connectivity index (χ0n) is 12.2. The van der Waals surface area contributed by atoms with Crippen molar-refractivity contribution in [2.75, 3.05) is 13.1 Å². The number of likely N-dealkylation sites (tertiary alicyclic amines) is 1. The summed E-state index contributed by atoms with van der Waals surface area (Å²) in [5, 5.41) is 3.23. The third kappa shape index (κ3) is 3.47. The van der Waals surface area contributed by atoms with Gasteiger partial charge in [0, 0.05) is 24.0 Å². The van der Waals surface area contributed by atoms with Crippen LogP contribution in [0.5, 0.6) is 0 Å². The summed E-state index contributed by atoms with van der Waals surface area (Å²) in [6.45, 7) is 8.25. The Morgan fingerprint density at radius 1 is 1.11 bits per heavy atom. The lowest BCUT2D eigenvalue weighted by molar-refractivity contribution is -0.129. The van der Waals surface area contributed by atoms with Crippen LogP contribution in [0.4, 0.5) is 0 Å². The zero-order chi connectivity index (χ0) is 13.2. The van der Waals surface area contributed by atoms with E-state index in [2.05, 4.69) is 10.2 Å². The molecule has 104 valence electrons. The standard InChI is InChI=1S/C15H28N2O/c1-15(2,3)14(18)16-12-7-6-10-17(11-12)13-8-4-5-9-13/h12-13H,4-11H2,1-3H3,(H,16,18). The number of carbonyl (C=O) groups excluding carboxylic acids is 1. The van der Waals surface area contributed by atoms with E-state index >= 15 is 0 Å². The van der Waals surface area contributed by atoms with E-state index in [1.165, 1.54) is 38.6 Å². The highest BCUT2D eigenvalue weighted by atomic mass is 16.2. The topological polar surface area (TPSA) is 32.3 Å². The molecule has 1 amide bonds. The van der Waals surface area contributed by atoms with Crippen molar-refractivity contribution >= 4 is 5.91 Å². The fourth-order valence-electron chi connectivity index (χ4n) is 3.13. The van der Waals surface area contributed by atoms with Crippen LogP contribution in [0, 0.1) is 5.41 Å². The first-order chi connectivity index (χ1) is 8.47. The average Bonchev–Trinajstić information content (AvgIpc) is 2.81. The van der Waals surface area contributed by atoms with E-state index in [-0.39, 0.29) is 11.3 Å². The minimum atomic E-state index is -0.268. The van der Waals surface area contributed by atoms with Gasteiger partial charge in [-0.05, 0) is 32.2 Å². The Kier molecular flexibility index (Phi) is 4.31. The molecular weight excluding hydrogens is 224 g/mol. The van der Waals surface area contributed by atoms with Gasteiger partial charge in [-0.3, -0.25) is 9.69 Å². The molecule has 2 fully saturated rings. The van der Waals surface area contributed by atoms with E-state index in [9.17, 15) is 4.79 Å². The molecule has 0 aromatic heterocycles. The van der Waals surface area contributed by atoms with E-state index in [1.54, 1.807) is 0 Å². The van der Waals surface area contributed by atoms with E-state index in [1.807, 2.05) is 20.8 Å². The molecule has 1 unspecified atom stereocenters. The van der Waals surface area contributed by atoms with Gasteiger partial charge in [0.05, 0.1) is 0 Å². The lowest BCUT2D eigenvalue weighted by Crippen LogP contribution is -2.52. The van der Waals surface area contributed by atoms with Crippen LogP contribution in [0.3, 0.4) is 0 Å². The fraction of sp³-hybridized carbons (Fsp3) is 0.933. The summed E-state index contributed by atoms with van der Waals surface area (Å²) in [4.78, 5) is 14.6. The van der Waals surface area contributed by atoms with Crippen LogP contribution in [0.1, 0.15) is 59.3 Å². The molecule has 1 saturated carbocycles. The first kappa shape index (κ1) is 13.9. The van der Waals surface area contributed by atoms with Crippen molar-refractivity contribution in [3.8, 4) is 0 Å². The number of carbonyl (C=O) groups is 1. The van der Waals surface area contributed by atoms with Crippen molar-refractivity contribution in [2.45, 2.75) is 71.4 Å². The molecule has 1 saturated heterocycles. The maximum absolute atomic E-state index is 12.0. The van der Waals surface area contributed by atoms with Gasteiger partial charge >= 0.3 is 0 Å². The van der Waals surface area contributed by atoms with Crippen LogP contribution < -0.4 is 5.32 Å². The highest BCUT2D eigenvalue weighted by molar-refractivity contribution is 5.81. The molecule has 0 aromatic carbocycles. The van der Waals surface area contributed by atoms with E-state index in [0.29, 0.717) is 6.04 Å². The predicted octanol–water partition coefficient (Wildman–Crippen LogP) is 2.56. The highest BCUT2D eigenvalue weighted by Gasteiger charge is 2.30. The normalized spacial score (nSPS) is 27.4. The monoisotopic (exact) mass is 252 g/mol. The molecular formula is C15H28N2O. The van der Waals surface area contributed by atoms with Crippen LogP contribution in [0.25, 0.3) is 0 Å². The molecule has 18 heavy (non-hydrogen) atoms. The maximum Gasteiger partial charge on any atom is 0.225 e. The van der Waals surface area contributed by atoms with Gasteiger partial charge in [-0.2, -0.15) is 0 Å². The maximum atomic E-state index is 12.0. The fourth-order valence-corrected chi connectivity index (χ4v) is 3.13. The van der Waals surface area contributed by atoms with Crippen molar-refractivity contribution in [2.24, 2.45) is 5.41 Å². The number of amides is 1. The summed E-state index contributed by atoms with van der Waals surface area (Å²) in [5.41, 5.74) is -0.268. The van der Waals surface area contributed by atoms with Crippen LogP contribution in [-0.4, -0.2) is 36.0 Å². The number of piperidine rings is 1. The molecule has 3 nitrogen and oxygen atoms in total. The third-order valence-electron chi connectivity index (χ3n) is 4.31. The van der Waals surface area contributed by atoms with E-state index in [0.717, 1.165) is 19.0 Å². The molecule has 0 spiro atoms. The molecule has 2 rings (SSSR count). The second-order valence-electron chi connectivity index (χ2n) is 7.00. The smallest absolute Gasteiger partial charge is 0.225 e. The summed E-state index contributed by atoms with van der Waals surface area (Å²) in [6, 6.07) is 1.16. The first-order valence-corrected chi connectivity index (χ1v) is 7.52. The van der Waals surface area contributed by atoms with Crippen molar-refractivity contribution in [3.63, 3.8) is 0 Å². The molecule has 3 heteroatoms. The van der Waals surface area contributed by atoms with Crippen LogP contribution >= 0.6 is 0 Å². The Balaban J connectivity index is 1.84. The summed E-state index contributed by atoms with van der Waals surface area (Å²) in [7, 11) is 0. The lowest BCUT2D eigenvalue weighted by Gasteiger charge is -2.37. The lowest BCUT2D eigenvalue weighted by atomic mass is 9.94. The predicted molar refractivity (Wildman–Crippen MR) is 74.4 cm³/mol. The molecule has 2 aliphatic rings. The van der Waals surface area contributed by atoms with Crippen LogP contribution in [0.2, 0.25) is 0 Å². The van der Waals surface area contributed by atoms with Gasteiger partial charge < -0.3 is 5.32 Å². The number of nitrogens with one attached hydrogen (secondary N) is 1. The van der Waals surface area contributed by atoms with Gasteiger partial charge in [0.25, 0.3) is 0 Å². The largest absolute Gasteiger partial charge is 0.352 e. The minimum absolute atomic E-state index is 0.195. The molecule has 1 atom stereocenters. The zero-order valence-corrected chi connectivity index (χ0v) is 12.2. The Morgan fingerprint density at radius 3 is 2.39 bits per heavy atom. The summed E-state index contributed by atoms with van der Waals surface area (Å²) in [5.74, 6) is 0.195. The van der Waals surface area contributed by atoms with Crippen molar-refractivity contribution in [3.05, 3.63) is 0 Å². The second kappa shape index (κ2) is 5.60. The van der Waals surface area contributed by atoms with Gasteiger partial charge in [0.2, 0.25) is 5.91 Å². The minimum Gasteiger partial charge on any atom is -0.352 e. The quantitative estimate of drug-likeness (QED) is 0.819. The first-order valence-electron chi connectivity index (χ1n) is 7.52. The number of hydrogen-bond acceptors (Lipinski definition) is 2. The summed E-state index contributed by atoms with van der Waals surface area (Å²) < 4.78 is 0.